The minimum Gasteiger partial charge on any atom is -0.252 e. The van der Waals surface area contributed by atoms with Crippen molar-refractivity contribution in [1.82, 2.24) is 14.8 Å². The smallest absolute Gasteiger partial charge is 0.252 e. The summed E-state index contributed by atoms with van der Waals surface area (Å²) in [5, 5.41) is 6.17. The van der Waals surface area contributed by atoms with Crippen LogP contribution in [0.5, 0.6) is 0 Å². The highest BCUT2D eigenvalue weighted by molar-refractivity contribution is 4.56. The molecule has 0 atom stereocenters. The van der Waals surface area contributed by atoms with Gasteiger partial charge in [-0.25, -0.2) is 0 Å². The van der Waals surface area contributed by atoms with Gasteiger partial charge in [-0.15, -0.1) is 10.2 Å². The molecule has 0 amide bonds. The first-order valence-corrected chi connectivity index (χ1v) is 1.86. The van der Waals surface area contributed by atoms with Crippen molar-refractivity contribution < 1.29 is 8.78 Å². The Kier molecular flexibility index (Phi) is 1.19. The summed E-state index contributed by atoms with van der Waals surface area (Å²) in [5.41, 5.74) is 0. The lowest BCUT2D eigenvalue weighted by atomic mass is 11.0. The lowest BCUT2D eigenvalue weighted by Gasteiger charge is -1.91. The van der Waals surface area contributed by atoms with Gasteiger partial charge in [-0.05, 0) is 0 Å². The maximum absolute atomic E-state index is 11.5. The number of halogens is 2. The quantitative estimate of drug-likeness (QED) is 0.536. The zero-order chi connectivity index (χ0) is 5.98. The summed E-state index contributed by atoms with van der Waals surface area (Å²) in [6, 6.07) is 0. The van der Waals surface area contributed by atoms with Gasteiger partial charge in [-0.3, -0.25) is 4.57 Å². The van der Waals surface area contributed by atoms with Gasteiger partial charge in [0, 0.05) is 0 Å². The largest absolute Gasteiger partial charge is 0.321 e. The maximum atomic E-state index is 11.5. The van der Waals surface area contributed by atoms with Crippen molar-refractivity contribution in [3.05, 3.63) is 12.7 Å². The number of alkyl halides is 2. The van der Waals surface area contributed by atoms with Crippen LogP contribution in [-0.2, 0) is 0 Å². The van der Waals surface area contributed by atoms with Crippen molar-refractivity contribution in [2.24, 2.45) is 0 Å². The van der Waals surface area contributed by atoms with Crippen LogP contribution in [0, 0.1) is 6.33 Å². The van der Waals surface area contributed by atoms with Crippen molar-refractivity contribution in [1.29, 1.82) is 0 Å². The Bertz CT molecular complexity index is 148. The summed E-state index contributed by atoms with van der Waals surface area (Å²) >= 11 is 0. The molecule has 43 valence electrons. The normalized spacial score (nSPS) is 10.4. The predicted octanol–water partition coefficient (Wildman–Crippen LogP) is 0.473. The molecular formula is C3H2F2N3. The third-order valence-electron chi connectivity index (χ3n) is 0.604. The topological polar surface area (TPSA) is 30.7 Å². The van der Waals surface area contributed by atoms with Crippen LogP contribution in [0.4, 0.5) is 8.78 Å². The molecule has 0 aromatic carbocycles. The van der Waals surface area contributed by atoms with Crippen LogP contribution in [0.3, 0.4) is 0 Å². The van der Waals surface area contributed by atoms with E-state index in [2.05, 4.69) is 10.2 Å². The van der Waals surface area contributed by atoms with Gasteiger partial charge < -0.3 is 0 Å². The fraction of sp³-hybridized carbons (Fsp3) is 0.333. The summed E-state index contributed by atoms with van der Waals surface area (Å²) < 4.78 is 23.4. The van der Waals surface area contributed by atoms with Crippen LogP contribution in [0.15, 0.2) is 6.33 Å². The van der Waals surface area contributed by atoms with E-state index in [1.54, 1.807) is 0 Å². The summed E-state index contributed by atoms with van der Waals surface area (Å²) in [7, 11) is 0. The molecule has 0 unspecified atom stereocenters. The van der Waals surface area contributed by atoms with E-state index in [-0.39, 0.29) is 0 Å². The fourth-order valence-electron chi connectivity index (χ4n) is 0.279. The molecule has 1 radical (unpaired) electrons. The van der Waals surface area contributed by atoms with E-state index in [1.165, 1.54) is 0 Å². The number of aromatic nitrogens is 3. The molecule has 3 nitrogen and oxygen atoms in total. The van der Waals surface area contributed by atoms with E-state index in [0.717, 1.165) is 6.33 Å². The average molecular weight is 118 g/mol. The molecule has 0 bridgehead atoms. The minimum absolute atomic E-state index is 0.486. The summed E-state index contributed by atoms with van der Waals surface area (Å²) in [6.45, 7) is -2.58. The molecule has 1 heterocycles. The van der Waals surface area contributed by atoms with E-state index in [0.29, 0.717) is 4.57 Å². The minimum atomic E-state index is -2.58. The second-order valence-corrected chi connectivity index (χ2v) is 1.12. The summed E-state index contributed by atoms with van der Waals surface area (Å²) in [6.07, 6.45) is 2.85. The van der Waals surface area contributed by atoms with Crippen molar-refractivity contribution in [3.8, 4) is 0 Å². The molecule has 0 N–H and O–H groups in total. The third-order valence-corrected chi connectivity index (χ3v) is 0.604. The van der Waals surface area contributed by atoms with E-state index < -0.39 is 6.55 Å². The number of rotatable bonds is 1. The van der Waals surface area contributed by atoms with Crippen LogP contribution in [0.25, 0.3) is 0 Å². The molecule has 0 aliphatic heterocycles. The first kappa shape index (κ1) is 5.14. The number of hydrogen-bond donors (Lipinski definition) is 0. The van der Waals surface area contributed by atoms with Crippen molar-refractivity contribution in [3.63, 3.8) is 0 Å². The second-order valence-electron chi connectivity index (χ2n) is 1.12. The molecule has 0 aliphatic rings. The predicted molar refractivity (Wildman–Crippen MR) is 20.1 cm³/mol. The first-order valence-electron chi connectivity index (χ1n) is 1.86. The van der Waals surface area contributed by atoms with Crippen molar-refractivity contribution in [2.75, 3.05) is 0 Å². The lowest BCUT2D eigenvalue weighted by Crippen LogP contribution is -1.92. The van der Waals surface area contributed by atoms with Crippen LogP contribution < -0.4 is 0 Å². The van der Waals surface area contributed by atoms with E-state index in [1.807, 2.05) is 6.33 Å². The van der Waals surface area contributed by atoms with Crippen LogP contribution >= 0.6 is 0 Å². The Morgan fingerprint density at radius 1 is 1.62 bits per heavy atom. The molecule has 0 saturated heterocycles. The first-order chi connectivity index (χ1) is 3.80. The molecule has 1 aromatic heterocycles. The highest BCUT2D eigenvalue weighted by Crippen LogP contribution is 2.04. The second kappa shape index (κ2) is 1.85. The van der Waals surface area contributed by atoms with Gasteiger partial charge in [-0.1, -0.05) is 0 Å². The highest BCUT2D eigenvalue weighted by atomic mass is 19.3. The van der Waals surface area contributed by atoms with Crippen molar-refractivity contribution in [2.45, 2.75) is 6.55 Å². The van der Waals surface area contributed by atoms with Gasteiger partial charge in [0.2, 0.25) is 6.33 Å². The third kappa shape index (κ3) is 0.800. The van der Waals surface area contributed by atoms with Crippen molar-refractivity contribution >= 4 is 0 Å². The Morgan fingerprint density at radius 3 is 2.62 bits per heavy atom. The Morgan fingerprint density at radius 2 is 2.38 bits per heavy atom. The zero-order valence-corrected chi connectivity index (χ0v) is 3.75. The lowest BCUT2D eigenvalue weighted by molar-refractivity contribution is 0.0689. The zero-order valence-electron chi connectivity index (χ0n) is 3.75. The van der Waals surface area contributed by atoms with Gasteiger partial charge in [0.05, 0.1) is 0 Å². The van der Waals surface area contributed by atoms with Gasteiger partial charge >= 0.3 is 6.55 Å². The Hall–Kier alpha value is -1.00. The Labute approximate surface area is 44.0 Å². The molecular weight excluding hydrogens is 116 g/mol. The molecule has 0 aliphatic carbocycles. The van der Waals surface area contributed by atoms with Gasteiger partial charge in [0.25, 0.3) is 0 Å². The van der Waals surface area contributed by atoms with Crippen LogP contribution in [0.2, 0.25) is 0 Å². The molecule has 5 heteroatoms. The molecule has 1 rings (SSSR count). The van der Waals surface area contributed by atoms with E-state index in [9.17, 15) is 8.78 Å². The van der Waals surface area contributed by atoms with Gasteiger partial charge in [-0.2, -0.15) is 8.78 Å². The number of nitrogens with zero attached hydrogens (tertiary/aromatic N) is 3. The van der Waals surface area contributed by atoms with Gasteiger partial charge in [0.15, 0.2) is 0 Å². The summed E-state index contributed by atoms with van der Waals surface area (Å²) in [4.78, 5) is 0. The van der Waals surface area contributed by atoms with Crippen LogP contribution in [-0.4, -0.2) is 14.8 Å². The standard InChI is InChI=1S/C3H2F2N3/c4-3(5)8-1-6-7-2-8/h1,3H. The molecule has 0 fully saturated rings. The van der Waals surface area contributed by atoms with E-state index in [4.69, 9.17) is 0 Å². The van der Waals surface area contributed by atoms with E-state index >= 15 is 0 Å². The van der Waals surface area contributed by atoms with Gasteiger partial charge in [0.1, 0.15) is 6.33 Å². The highest BCUT2D eigenvalue weighted by Gasteiger charge is 2.02. The Balaban J connectivity index is 2.77. The fourth-order valence-corrected chi connectivity index (χ4v) is 0.279. The SMILES string of the molecule is FC(F)n1[c]nnc1. The average Bonchev–Trinajstić information content (AvgIpc) is 2.12. The monoisotopic (exact) mass is 118 g/mol. The summed E-state index contributed by atoms with van der Waals surface area (Å²) in [5.74, 6) is 0. The molecule has 8 heavy (non-hydrogen) atoms. The number of hydrogen-bond acceptors (Lipinski definition) is 2. The molecule has 0 saturated carbocycles. The van der Waals surface area contributed by atoms with Crippen LogP contribution in [0.1, 0.15) is 6.55 Å². The maximum Gasteiger partial charge on any atom is 0.321 e. The molecule has 1 aromatic rings. The molecule has 0 spiro atoms.